The summed E-state index contributed by atoms with van der Waals surface area (Å²) >= 11 is 5.82. The topological polar surface area (TPSA) is 82.1 Å². The van der Waals surface area contributed by atoms with E-state index in [4.69, 9.17) is 16.1 Å². The normalized spacial score (nSPS) is 12.4. The molecule has 2 rings (SSSR count). The van der Waals surface area contributed by atoms with Gasteiger partial charge in [0.2, 0.25) is 11.7 Å². The Balaban J connectivity index is 2.48. The molecule has 0 saturated heterocycles. The second kappa shape index (κ2) is 4.73. The molecule has 6 nitrogen and oxygen atoms in total. The first-order valence-electron chi connectivity index (χ1n) is 5.22. The SMILES string of the molecule is Cc1ccc([N+](=O)[O-])cc1-c1noc(C(C)Cl)n1. The third kappa shape index (κ3) is 2.33. The number of nitro groups is 1. The lowest BCUT2D eigenvalue weighted by Crippen LogP contribution is -1.92. The number of halogens is 1. The number of nitrogens with zero attached hydrogens (tertiary/aromatic N) is 3. The van der Waals surface area contributed by atoms with Gasteiger partial charge in [-0.05, 0) is 19.4 Å². The number of hydrogen-bond acceptors (Lipinski definition) is 5. The molecule has 0 aliphatic rings. The Hall–Kier alpha value is -1.95. The molecule has 0 bridgehead atoms. The number of alkyl halides is 1. The average Bonchev–Trinajstić information content (AvgIpc) is 2.78. The van der Waals surface area contributed by atoms with Crippen molar-refractivity contribution in [1.82, 2.24) is 10.1 Å². The fourth-order valence-electron chi connectivity index (χ4n) is 1.47. The Morgan fingerprint density at radius 1 is 1.50 bits per heavy atom. The van der Waals surface area contributed by atoms with Gasteiger partial charge in [-0.2, -0.15) is 4.98 Å². The molecule has 0 N–H and O–H groups in total. The van der Waals surface area contributed by atoms with E-state index in [2.05, 4.69) is 10.1 Å². The van der Waals surface area contributed by atoms with Gasteiger partial charge in [0.15, 0.2) is 0 Å². The van der Waals surface area contributed by atoms with Crippen LogP contribution in [0.15, 0.2) is 22.7 Å². The van der Waals surface area contributed by atoms with E-state index in [9.17, 15) is 10.1 Å². The molecule has 0 amide bonds. The van der Waals surface area contributed by atoms with Crippen LogP contribution in [0, 0.1) is 17.0 Å². The molecule has 0 aliphatic heterocycles. The van der Waals surface area contributed by atoms with E-state index in [0.29, 0.717) is 11.4 Å². The standard InChI is InChI=1S/C11H10ClN3O3/c1-6-3-4-8(15(16)17)5-9(6)10-13-11(7(2)12)18-14-10/h3-5,7H,1-2H3. The second-order valence-corrected chi connectivity index (χ2v) is 4.48. The van der Waals surface area contributed by atoms with Gasteiger partial charge < -0.3 is 4.52 Å². The fourth-order valence-corrected chi connectivity index (χ4v) is 1.56. The average molecular weight is 268 g/mol. The molecular weight excluding hydrogens is 258 g/mol. The van der Waals surface area contributed by atoms with Crippen LogP contribution in [0.4, 0.5) is 5.69 Å². The van der Waals surface area contributed by atoms with Gasteiger partial charge >= 0.3 is 0 Å². The molecule has 0 saturated carbocycles. The first-order chi connectivity index (χ1) is 8.49. The molecule has 94 valence electrons. The van der Waals surface area contributed by atoms with E-state index >= 15 is 0 Å². The second-order valence-electron chi connectivity index (χ2n) is 3.83. The minimum Gasteiger partial charge on any atom is -0.337 e. The molecule has 1 aromatic carbocycles. The van der Waals surface area contributed by atoms with Crippen molar-refractivity contribution >= 4 is 17.3 Å². The maximum atomic E-state index is 10.7. The van der Waals surface area contributed by atoms with Crippen LogP contribution in [0.1, 0.15) is 23.8 Å². The minimum absolute atomic E-state index is 0.0131. The highest BCUT2D eigenvalue weighted by Gasteiger charge is 2.17. The zero-order chi connectivity index (χ0) is 13.3. The molecule has 18 heavy (non-hydrogen) atoms. The van der Waals surface area contributed by atoms with Gasteiger partial charge in [-0.15, -0.1) is 11.6 Å². The number of hydrogen-bond donors (Lipinski definition) is 0. The minimum atomic E-state index is -0.464. The predicted octanol–water partition coefficient (Wildman–Crippen LogP) is 3.25. The molecule has 1 atom stereocenters. The van der Waals surface area contributed by atoms with Crippen LogP contribution in [-0.2, 0) is 0 Å². The van der Waals surface area contributed by atoms with Crippen LogP contribution in [0.5, 0.6) is 0 Å². The molecule has 0 spiro atoms. The highest BCUT2D eigenvalue weighted by atomic mass is 35.5. The van der Waals surface area contributed by atoms with Crippen LogP contribution in [-0.4, -0.2) is 15.1 Å². The molecule has 1 heterocycles. The van der Waals surface area contributed by atoms with E-state index in [-0.39, 0.29) is 11.6 Å². The van der Waals surface area contributed by atoms with Gasteiger partial charge in [0.25, 0.3) is 5.69 Å². The number of aryl methyl sites for hydroxylation is 1. The van der Waals surface area contributed by atoms with E-state index in [1.165, 1.54) is 12.1 Å². The summed E-state index contributed by atoms with van der Waals surface area (Å²) in [5, 5.41) is 14.1. The summed E-state index contributed by atoms with van der Waals surface area (Å²) in [6, 6.07) is 4.50. The number of benzene rings is 1. The van der Waals surface area contributed by atoms with Gasteiger partial charge in [-0.1, -0.05) is 11.2 Å². The number of nitro benzene ring substituents is 1. The zero-order valence-electron chi connectivity index (χ0n) is 9.75. The van der Waals surface area contributed by atoms with E-state index in [1.54, 1.807) is 13.0 Å². The number of rotatable bonds is 3. The Morgan fingerprint density at radius 3 is 2.78 bits per heavy atom. The van der Waals surface area contributed by atoms with E-state index < -0.39 is 10.3 Å². The van der Waals surface area contributed by atoms with Gasteiger partial charge in [0.05, 0.1) is 4.92 Å². The van der Waals surface area contributed by atoms with Crippen molar-refractivity contribution in [2.75, 3.05) is 0 Å². The Morgan fingerprint density at radius 2 is 2.22 bits per heavy atom. The third-order valence-electron chi connectivity index (χ3n) is 2.45. The van der Waals surface area contributed by atoms with Crippen molar-refractivity contribution in [3.63, 3.8) is 0 Å². The van der Waals surface area contributed by atoms with Crippen molar-refractivity contribution in [1.29, 1.82) is 0 Å². The van der Waals surface area contributed by atoms with E-state index in [0.717, 1.165) is 5.56 Å². The summed E-state index contributed by atoms with van der Waals surface area (Å²) in [4.78, 5) is 14.4. The molecule has 0 radical (unpaired) electrons. The highest BCUT2D eigenvalue weighted by Crippen LogP contribution is 2.27. The van der Waals surface area contributed by atoms with Crippen LogP contribution in [0.3, 0.4) is 0 Å². The van der Waals surface area contributed by atoms with Gasteiger partial charge in [-0.3, -0.25) is 10.1 Å². The Kier molecular flexibility index (Phi) is 3.29. The molecule has 1 aromatic heterocycles. The Bertz CT molecular complexity index is 595. The summed E-state index contributed by atoms with van der Waals surface area (Å²) in [5.74, 6) is 0.594. The van der Waals surface area contributed by atoms with Crippen LogP contribution in [0.25, 0.3) is 11.4 Å². The first kappa shape index (κ1) is 12.5. The van der Waals surface area contributed by atoms with Gasteiger partial charge in [0.1, 0.15) is 5.38 Å². The van der Waals surface area contributed by atoms with Gasteiger partial charge in [-0.25, -0.2) is 0 Å². The first-order valence-corrected chi connectivity index (χ1v) is 5.65. The summed E-state index contributed by atoms with van der Waals surface area (Å²) in [5.41, 5.74) is 1.38. The number of non-ortho nitro benzene ring substituents is 1. The molecule has 7 heteroatoms. The van der Waals surface area contributed by atoms with Crippen LogP contribution in [0.2, 0.25) is 0 Å². The van der Waals surface area contributed by atoms with Crippen molar-refractivity contribution in [2.45, 2.75) is 19.2 Å². The fraction of sp³-hybridized carbons (Fsp3) is 0.273. The molecule has 0 aliphatic carbocycles. The summed E-state index contributed by atoms with van der Waals surface area (Å²) < 4.78 is 4.97. The lowest BCUT2D eigenvalue weighted by Gasteiger charge is -2.00. The van der Waals surface area contributed by atoms with E-state index in [1.807, 2.05) is 6.92 Å². The lowest BCUT2D eigenvalue weighted by atomic mass is 10.1. The molecule has 1 unspecified atom stereocenters. The lowest BCUT2D eigenvalue weighted by molar-refractivity contribution is -0.384. The zero-order valence-corrected chi connectivity index (χ0v) is 10.5. The molecular formula is C11H10ClN3O3. The van der Waals surface area contributed by atoms with Crippen molar-refractivity contribution in [3.05, 3.63) is 39.8 Å². The van der Waals surface area contributed by atoms with Gasteiger partial charge in [0, 0.05) is 17.7 Å². The smallest absolute Gasteiger partial charge is 0.270 e. The monoisotopic (exact) mass is 267 g/mol. The molecule has 0 fully saturated rings. The largest absolute Gasteiger partial charge is 0.337 e. The summed E-state index contributed by atoms with van der Waals surface area (Å²) in [6.07, 6.45) is 0. The quantitative estimate of drug-likeness (QED) is 0.484. The number of aromatic nitrogens is 2. The predicted molar refractivity (Wildman–Crippen MR) is 65.4 cm³/mol. The maximum absolute atomic E-state index is 10.7. The summed E-state index contributed by atoms with van der Waals surface area (Å²) in [6.45, 7) is 3.53. The Labute approximate surface area is 108 Å². The van der Waals surface area contributed by atoms with Crippen molar-refractivity contribution in [2.24, 2.45) is 0 Å². The molecule has 2 aromatic rings. The van der Waals surface area contributed by atoms with Crippen LogP contribution >= 0.6 is 11.6 Å². The van der Waals surface area contributed by atoms with Crippen molar-refractivity contribution in [3.8, 4) is 11.4 Å². The summed E-state index contributed by atoms with van der Waals surface area (Å²) in [7, 11) is 0. The van der Waals surface area contributed by atoms with Crippen LogP contribution < -0.4 is 0 Å². The highest BCUT2D eigenvalue weighted by molar-refractivity contribution is 6.20. The third-order valence-corrected chi connectivity index (χ3v) is 2.64. The van der Waals surface area contributed by atoms with Crippen molar-refractivity contribution < 1.29 is 9.45 Å². The maximum Gasteiger partial charge on any atom is 0.270 e.